The van der Waals surface area contributed by atoms with Crippen molar-refractivity contribution in [3.63, 3.8) is 0 Å². The molecule has 2 heterocycles. The highest BCUT2D eigenvalue weighted by atomic mass is 79.9. The van der Waals surface area contributed by atoms with Crippen LogP contribution in [0.1, 0.15) is 11.1 Å². The fourth-order valence-corrected chi connectivity index (χ4v) is 4.03. The molecule has 0 N–H and O–H groups in total. The summed E-state index contributed by atoms with van der Waals surface area (Å²) in [7, 11) is 0. The molecule has 0 saturated heterocycles. The number of benzene rings is 2. The second kappa shape index (κ2) is 7.45. The van der Waals surface area contributed by atoms with Crippen LogP contribution in [0.3, 0.4) is 0 Å². The van der Waals surface area contributed by atoms with Gasteiger partial charge in [0, 0.05) is 10.2 Å². The van der Waals surface area contributed by atoms with Gasteiger partial charge < -0.3 is 9.47 Å². The zero-order valence-corrected chi connectivity index (χ0v) is 15.7. The Kier molecular flexibility index (Phi) is 4.89. The number of hydrogen-bond donors (Lipinski definition) is 0. The summed E-state index contributed by atoms with van der Waals surface area (Å²) in [6.07, 6.45) is 0. The van der Waals surface area contributed by atoms with E-state index in [9.17, 15) is 0 Å². The van der Waals surface area contributed by atoms with Crippen LogP contribution >= 0.6 is 27.7 Å². The molecule has 25 heavy (non-hydrogen) atoms. The van der Waals surface area contributed by atoms with Gasteiger partial charge in [0.1, 0.15) is 13.2 Å². The van der Waals surface area contributed by atoms with Crippen LogP contribution in [0.25, 0.3) is 0 Å². The molecule has 3 aromatic rings. The largest absolute Gasteiger partial charge is 0.486 e. The van der Waals surface area contributed by atoms with Gasteiger partial charge >= 0.3 is 0 Å². The number of halogens is 1. The predicted molar refractivity (Wildman–Crippen MR) is 98.1 cm³/mol. The molecule has 0 aliphatic carbocycles. The minimum Gasteiger partial charge on any atom is -0.486 e. The summed E-state index contributed by atoms with van der Waals surface area (Å²) in [6.45, 7) is 1.82. The van der Waals surface area contributed by atoms with Gasteiger partial charge in [-0.25, -0.2) is 4.68 Å². The van der Waals surface area contributed by atoms with E-state index in [1.807, 2.05) is 35.0 Å². The van der Waals surface area contributed by atoms with E-state index in [1.54, 1.807) is 11.8 Å². The highest BCUT2D eigenvalue weighted by Crippen LogP contribution is 2.37. The van der Waals surface area contributed by atoms with Crippen LogP contribution in [0.15, 0.2) is 52.1 Å². The standard InChI is InChI=1S/C17H15BrN4O2S/c18-14-9-16-15(23-6-7-24-16)8-13(14)11-25-17-19-20-21-22(17)10-12-4-2-1-3-5-12/h1-5,8-9H,6-7,10-11H2. The van der Waals surface area contributed by atoms with Crippen molar-refractivity contribution in [2.24, 2.45) is 0 Å². The van der Waals surface area contributed by atoms with Gasteiger partial charge in [0.2, 0.25) is 5.16 Å². The van der Waals surface area contributed by atoms with Crippen molar-refractivity contribution < 1.29 is 9.47 Å². The van der Waals surface area contributed by atoms with Gasteiger partial charge in [-0.05, 0) is 33.7 Å². The number of nitrogens with zero attached hydrogens (tertiary/aromatic N) is 4. The second-order valence-electron chi connectivity index (χ2n) is 5.48. The average Bonchev–Trinajstić information content (AvgIpc) is 3.08. The molecule has 1 aliphatic heterocycles. The number of thioether (sulfide) groups is 1. The maximum absolute atomic E-state index is 5.66. The fourth-order valence-electron chi connectivity index (χ4n) is 2.51. The van der Waals surface area contributed by atoms with Crippen LogP contribution < -0.4 is 9.47 Å². The van der Waals surface area contributed by atoms with Gasteiger partial charge in [-0.2, -0.15) is 0 Å². The molecule has 0 bridgehead atoms. The van der Waals surface area contributed by atoms with Crippen molar-refractivity contribution in [2.75, 3.05) is 13.2 Å². The summed E-state index contributed by atoms with van der Waals surface area (Å²) in [5.74, 6) is 2.29. The highest BCUT2D eigenvalue weighted by molar-refractivity contribution is 9.10. The molecular formula is C17H15BrN4O2S. The first-order chi connectivity index (χ1) is 12.3. The van der Waals surface area contributed by atoms with Crippen LogP contribution in [0, 0.1) is 0 Å². The highest BCUT2D eigenvalue weighted by Gasteiger charge is 2.16. The maximum atomic E-state index is 5.66. The molecule has 0 radical (unpaired) electrons. The zero-order valence-electron chi connectivity index (χ0n) is 13.3. The van der Waals surface area contributed by atoms with Crippen molar-refractivity contribution >= 4 is 27.7 Å². The van der Waals surface area contributed by atoms with Crippen molar-refractivity contribution in [1.82, 2.24) is 20.2 Å². The Morgan fingerprint density at radius 3 is 2.64 bits per heavy atom. The van der Waals surface area contributed by atoms with E-state index in [1.165, 1.54) is 0 Å². The molecule has 0 unspecified atom stereocenters. The molecule has 1 aromatic heterocycles. The number of rotatable bonds is 5. The van der Waals surface area contributed by atoms with E-state index in [-0.39, 0.29) is 0 Å². The maximum Gasteiger partial charge on any atom is 0.209 e. The van der Waals surface area contributed by atoms with E-state index in [0.717, 1.165) is 38.0 Å². The Morgan fingerprint density at radius 2 is 1.84 bits per heavy atom. The number of ether oxygens (including phenoxy) is 2. The molecule has 2 aromatic carbocycles. The Morgan fingerprint density at radius 1 is 1.08 bits per heavy atom. The summed E-state index contributed by atoms with van der Waals surface area (Å²) in [4.78, 5) is 0. The quantitative estimate of drug-likeness (QED) is 0.590. The molecule has 0 atom stereocenters. The van der Waals surface area contributed by atoms with E-state index >= 15 is 0 Å². The number of fused-ring (bicyclic) bond motifs is 1. The first-order valence-corrected chi connectivity index (χ1v) is 9.58. The lowest BCUT2D eigenvalue weighted by Gasteiger charge is -2.19. The molecule has 0 saturated carbocycles. The monoisotopic (exact) mass is 418 g/mol. The van der Waals surface area contributed by atoms with E-state index in [0.29, 0.717) is 19.8 Å². The Labute approximate surface area is 157 Å². The van der Waals surface area contributed by atoms with Crippen molar-refractivity contribution in [1.29, 1.82) is 0 Å². The number of aromatic nitrogens is 4. The van der Waals surface area contributed by atoms with Gasteiger partial charge in [-0.1, -0.05) is 58.0 Å². The molecule has 0 spiro atoms. The average molecular weight is 419 g/mol. The normalized spacial score (nSPS) is 13.0. The van der Waals surface area contributed by atoms with Crippen LogP contribution in [0.2, 0.25) is 0 Å². The lowest BCUT2D eigenvalue weighted by molar-refractivity contribution is 0.171. The van der Waals surface area contributed by atoms with Crippen molar-refractivity contribution in [3.05, 3.63) is 58.1 Å². The Balaban J connectivity index is 1.48. The summed E-state index contributed by atoms with van der Waals surface area (Å²) in [6, 6.07) is 14.1. The lowest BCUT2D eigenvalue weighted by atomic mass is 10.2. The van der Waals surface area contributed by atoms with Crippen LogP contribution in [0.4, 0.5) is 0 Å². The fraction of sp³-hybridized carbons (Fsp3) is 0.235. The van der Waals surface area contributed by atoms with Crippen LogP contribution in [-0.2, 0) is 12.3 Å². The Bertz CT molecular complexity index is 872. The topological polar surface area (TPSA) is 62.1 Å². The third-order valence-electron chi connectivity index (χ3n) is 3.74. The first-order valence-electron chi connectivity index (χ1n) is 7.80. The molecule has 0 fully saturated rings. The summed E-state index contributed by atoms with van der Waals surface area (Å²) in [5.41, 5.74) is 2.28. The minimum atomic E-state index is 0.580. The SMILES string of the molecule is Brc1cc2c(cc1CSc1nnnn1Cc1ccccc1)OCCO2. The minimum absolute atomic E-state index is 0.580. The van der Waals surface area contributed by atoms with Crippen molar-refractivity contribution in [2.45, 2.75) is 17.5 Å². The van der Waals surface area contributed by atoms with Gasteiger partial charge in [0.15, 0.2) is 11.5 Å². The molecule has 0 amide bonds. The predicted octanol–water partition coefficient (Wildman–Crippen LogP) is 3.55. The van der Waals surface area contributed by atoms with E-state index < -0.39 is 0 Å². The molecule has 6 nitrogen and oxygen atoms in total. The third kappa shape index (κ3) is 3.80. The van der Waals surface area contributed by atoms with Gasteiger partial charge in [-0.3, -0.25) is 0 Å². The van der Waals surface area contributed by atoms with Crippen molar-refractivity contribution in [3.8, 4) is 11.5 Å². The van der Waals surface area contributed by atoms with Gasteiger partial charge in [0.05, 0.1) is 6.54 Å². The summed E-state index contributed by atoms with van der Waals surface area (Å²) in [5, 5.41) is 12.8. The Hall–Kier alpha value is -2.06. The first kappa shape index (κ1) is 16.4. The van der Waals surface area contributed by atoms with E-state index in [2.05, 4.69) is 43.6 Å². The molecular weight excluding hydrogens is 404 g/mol. The third-order valence-corrected chi connectivity index (χ3v) is 5.49. The zero-order chi connectivity index (χ0) is 17.1. The molecule has 1 aliphatic rings. The second-order valence-corrected chi connectivity index (χ2v) is 7.28. The molecule has 4 rings (SSSR count). The summed E-state index contributed by atoms with van der Waals surface area (Å²) < 4.78 is 14.1. The summed E-state index contributed by atoms with van der Waals surface area (Å²) >= 11 is 5.20. The van der Waals surface area contributed by atoms with Gasteiger partial charge in [-0.15, -0.1) is 5.10 Å². The number of hydrogen-bond acceptors (Lipinski definition) is 6. The molecule has 8 heteroatoms. The smallest absolute Gasteiger partial charge is 0.209 e. The lowest BCUT2D eigenvalue weighted by Crippen LogP contribution is -2.15. The van der Waals surface area contributed by atoms with Gasteiger partial charge in [0.25, 0.3) is 0 Å². The van der Waals surface area contributed by atoms with Crippen LogP contribution in [-0.4, -0.2) is 33.4 Å². The molecule has 128 valence electrons. The van der Waals surface area contributed by atoms with Crippen LogP contribution in [0.5, 0.6) is 11.5 Å². The number of tetrazole rings is 1. The van der Waals surface area contributed by atoms with E-state index in [4.69, 9.17) is 9.47 Å².